The fourth-order valence-corrected chi connectivity index (χ4v) is 3.00. The standard InChI is InChI=1S/C22H26Cl2N2O3/c1-4-11-25-22(28)16(3)26(13-17-7-10-19(23)20(24)12-17)21(27)14-29-18-8-5-15(2)6-9-18/h5-10,12,16H,4,11,13-14H2,1-3H3,(H,25,28). The summed E-state index contributed by atoms with van der Waals surface area (Å²) in [6.45, 7) is 6.25. The van der Waals surface area contributed by atoms with Crippen LogP contribution in [0.1, 0.15) is 31.4 Å². The molecule has 0 fully saturated rings. The van der Waals surface area contributed by atoms with Gasteiger partial charge in [0.15, 0.2) is 6.61 Å². The van der Waals surface area contributed by atoms with E-state index in [1.807, 2.05) is 38.1 Å². The van der Waals surface area contributed by atoms with Crippen LogP contribution in [0.3, 0.4) is 0 Å². The van der Waals surface area contributed by atoms with Crippen molar-refractivity contribution in [3.8, 4) is 5.75 Å². The van der Waals surface area contributed by atoms with Crippen molar-refractivity contribution in [3.05, 3.63) is 63.6 Å². The van der Waals surface area contributed by atoms with Crippen LogP contribution in [-0.2, 0) is 16.1 Å². The SMILES string of the molecule is CCCNC(=O)C(C)N(Cc1ccc(Cl)c(Cl)c1)C(=O)COc1ccc(C)cc1. The molecule has 0 spiro atoms. The van der Waals surface area contributed by atoms with Gasteiger partial charge in [-0.3, -0.25) is 9.59 Å². The summed E-state index contributed by atoms with van der Waals surface area (Å²) in [5.41, 5.74) is 1.88. The Hall–Kier alpha value is -2.24. The number of halogens is 2. The quantitative estimate of drug-likeness (QED) is 0.623. The van der Waals surface area contributed by atoms with Gasteiger partial charge in [0.05, 0.1) is 10.0 Å². The molecule has 2 aromatic carbocycles. The molecular formula is C22H26Cl2N2O3. The van der Waals surface area contributed by atoms with Gasteiger partial charge in [0, 0.05) is 13.1 Å². The molecule has 0 aromatic heterocycles. The van der Waals surface area contributed by atoms with Gasteiger partial charge in [-0.25, -0.2) is 0 Å². The monoisotopic (exact) mass is 436 g/mol. The van der Waals surface area contributed by atoms with E-state index in [2.05, 4.69) is 5.32 Å². The fraction of sp³-hybridized carbons (Fsp3) is 0.364. The van der Waals surface area contributed by atoms with E-state index in [4.69, 9.17) is 27.9 Å². The topological polar surface area (TPSA) is 58.6 Å². The minimum Gasteiger partial charge on any atom is -0.484 e. The summed E-state index contributed by atoms with van der Waals surface area (Å²) in [5, 5.41) is 3.67. The van der Waals surface area contributed by atoms with Gasteiger partial charge >= 0.3 is 0 Å². The Kier molecular flexibility index (Phi) is 8.80. The van der Waals surface area contributed by atoms with Crippen molar-refractivity contribution in [3.63, 3.8) is 0 Å². The summed E-state index contributed by atoms with van der Waals surface area (Å²) in [6, 6.07) is 11.9. The van der Waals surface area contributed by atoms with Crippen LogP contribution in [0.2, 0.25) is 10.0 Å². The Labute approximate surface area is 181 Å². The molecule has 1 atom stereocenters. The van der Waals surface area contributed by atoms with Crippen LogP contribution >= 0.6 is 23.2 Å². The average molecular weight is 437 g/mol. The molecule has 0 aliphatic rings. The van der Waals surface area contributed by atoms with E-state index in [0.717, 1.165) is 17.5 Å². The summed E-state index contributed by atoms with van der Waals surface area (Å²) in [7, 11) is 0. The summed E-state index contributed by atoms with van der Waals surface area (Å²) < 4.78 is 5.63. The Morgan fingerprint density at radius 2 is 1.79 bits per heavy atom. The zero-order chi connectivity index (χ0) is 21.4. The summed E-state index contributed by atoms with van der Waals surface area (Å²) in [4.78, 5) is 26.9. The van der Waals surface area contributed by atoms with Crippen molar-refractivity contribution >= 4 is 35.0 Å². The third-order valence-electron chi connectivity index (χ3n) is 4.44. The van der Waals surface area contributed by atoms with E-state index in [1.54, 1.807) is 25.1 Å². The van der Waals surface area contributed by atoms with Gasteiger partial charge in [-0.05, 0) is 50.1 Å². The first-order valence-corrected chi connectivity index (χ1v) is 10.3. The molecule has 0 heterocycles. The number of carbonyl (C=O) groups is 2. The molecule has 0 bridgehead atoms. The molecule has 5 nitrogen and oxygen atoms in total. The van der Waals surface area contributed by atoms with Crippen LogP contribution in [-0.4, -0.2) is 35.9 Å². The molecular weight excluding hydrogens is 411 g/mol. The number of aryl methyl sites for hydroxylation is 1. The van der Waals surface area contributed by atoms with Gasteiger partial charge < -0.3 is 15.0 Å². The number of nitrogens with one attached hydrogen (secondary N) is 1. The number of rotatable bonds is 9. The normalized spacial score (nSPS) is 11.6. The minimum atomic E-state index is -0.662. The Morgan fingerprint density at radius 1 is 1.10 bits per heavy atom. The lowest BCUT2D eigenvalue weighted by Crippen LogP contribution is -2.49. The maximum atomic E-state index is 12.9. The van der Waals surface area contributed by atoms with E-state index in [0.29, 0.717) is 22.3 Å². The average Bonchev–Trinajstić information content (AvgIpc) is 2.71. The number of carbonyl (C=O) groups excluding carboxylic acids is 2. The van der Waals surface area contributed by atoms with Crippen molar-refractivity contribution in [2.75, 3.05) is 13.2 Å². The lowest BCUT2D eigenvalue weighted by atomic mass is 10.1. The van der Waals surface area contributed by atoms with Crippen LogP contribution in [0.25, 0.3) is 0 Å². The smallest absolute Gasteiger partial charge is 0.261 e. The number of hydrogen-bond donors (Lipinski definition) is 1. The number of ether oxygens (including phenoxy) is 1. The van der Waals surface area contributed by atoms with E-state index in [-0.39, 0.29) is 25.0 Å². The van der Waals surface area contributed by atoms with Crippen LogP contribution in [0.15, 0.2) is 42.5 Å². The van der Waals surface area contributed by atoms with Crippen molar-refractivity contribution in [1.29, 1.82) is 0 Å². The first kappa shape index (κ1) is 23.0. The second-order valence-corrected chi connectivity index (χ2v) is 7.65. The lowest BCUT2D eigenvalue weighted by Gasteiger charge is -2.29. The molecule has 0 aliphatic heterocycles. The van der Waals surface area contributed by atoms with Gasteiger partial charge in [0.2, 0.25) is 5.91 Å². The molecule has 1 unspecified atom stereocenters. The van der Waals surface area contributed by atoms with Crippen molar-refractivity contribution < 1.29 is 14.3 Å². The highest BCUT2D eigenvalue weighted by atomic mass is 35.5. The Balaban J connectivity index is 2.15. The second-order valence-electron chi connectivity index (χ2n) is 6.84. The molecule has 0 saturated carbocycles. The number of nitrogens with zero attached hydrogens (tertiary/aromatic N) is 1. The van der Waals surface area contributed by atoms with E-state index < -0.39 is 6.04 Å². The molecule has 0 radical (unpaired) electrons. The van der Waals surface area contributed by atoms with Crippen molar-refractivity contribution in [2.45, 2.75) is 39.8 Å². The molecule has 0 saturated heterocycles. The lowest BCUT2D eigenvalue weighted by molar-refractivity contribution is -0.142. The molecule has 2 amide bonds. The second kappa shape index (κ2) is 11.1. The van der Waals surface area contributed by atoms with Gasteiger partial charge in [0.1, 0.15) is 11.8 Å². The number of benzene rings is 2. The molecule has 0 aliphatic carbocycles. The molecule has 1 N–H and O–H groups in total. The zero-order valence-electron chi connectivity index (χ0n) is 16.9. The highest BCUT2D eigenvalue weighted by molar-refractivity contribution is 6.42. The largest absolute Gasteiger partial charge is 0.484 e. The third-order valence-corrected chi connectivity index (χ3v) is 5.18. The van der Waals surface area contributed by atoms with Crippen molar-refractivity contribution in [1.82, 2.24) is 10.2 Å². The first-order chi connectivity index (χ1) is 13.8. The predicted molar refractivity (Wildman–Crippen MR) is 116 cm³/mol. The molecule has 156 valence electrons. The first-order valence-electron chi connectivity index (χ1n) is 9.52. The highest BCUT2D eigenvalue weighted by Gasteiger charge is 2.26. The molecule has 2 rings (SSSR count). The van der Waals surface area contributed by atoms with Crippen molar-refractivity contribution in [2.24, 2.45) is 0 Å². The van der Waals surface area contributed by atoms with Crippen LogP contribution < -0.4 is 10.1 Å². The Bertz CT molecular complexity index is 840. The van der Waals surface area contributed by atoms with Crippen LogP contribution in [0.5, 0.6) is 5.75 Å². The fourth-order valence-electron chi connectivity index (χ4n) is 2.68. The zero-order valence-corrected chi connectivity index (χ0v) is 18.4. The van der Waals surface area contributed by atoms with Gasteiger partial charge in [0.25, 0.3) is 5.91 Å². The molecule has 7 heteroatoms. The molecule has 2 aromatic rings. The Morgan fingerprint density at radius 3 is 2.41 bits per heavy atom. The minimum absolute atomic E-state index is 0.171. The summed E-state index contributed by atoms with van der Waals surface area (Å²) in [5.74, 6) is 0.0907. The van der Waals surface area contributed by atoms with E-state index in [1.165, 1.54) is 4.90 Å². The van der Waals surface area contributed by atoms with Crippen LogP contribution in [0, 0.1) is 6.92 Å². The van der Waals surface area contributed by atoms with E-state index >= 15 is 0 Å². The third kappa shape index (κ3) is 6.94. The number of amides is 2. The van der Waals surface area contributed by atoms with Gasteiger partial charge in [-0.15, -0.1) is 0 Å². The summed E-state index contributed by atoms with van der Waals surface area (Å²) in [6.07, 6.45) is 0.815. The predicted octanol–water partition coefficient (Wildman–Crippen LogP) is 4.62. The summed E-state index contributed by atoms with van der Waals surface area (Å²) >= 11 is 12.1. The van der Waals surface area contributed by atoms with Gasteiger partial charge in [-0.1, -0.05) is 53.9 Å². The maximum Gasteiger partial charge on any atom is 0.261 e. The van der Waals surface area contributed by atoms with Gasteiger partial charge in [-0.2, -0.15) is 0 Å². The molecule has 29 heavy (non-hydrogen) atoms. The number of hydrogen-bond acceptors (Lipinski definition) is 3. The van der Waals surface area contributed by atoms with E-state index in [9.17, 15) is 9.59 Å². The van der Waals surface area contributed by atoms with Crippen LogP contribution in [0.4, 0.5) is 0 Å². The highest BCUT2D eigenvalue weighted by Crippen LogP contribution is 2.24. The maximum absolute atomic E-state index is 12.9.